The summed E-state index contributed by atoms with van der Waals surface area (Å²) >= 11 is 0. The van der Waals surface area contributed by atoms with E-state index in [4.69, 9.17) is 4.74 Å². The second kappa shape index (κ2) is 4.26. The number of hydrogen-bond acceptors (Lipinski definition) is 2. The Bertz CT molecular complexity index is 593. The molecule has 18 heavy (non-hydrogen) atoms. The van der Waals surface area contributed by atoms with Crippen LogP contribution >= 0.6 is 0 Å². The highest BCUT2D eigenvalue weighted by Gasteiger charge is 2.27. The first-order chi connectivity index (χ1) is 8.74. The summed E-state index contributed by atoms with van der Waals surface area (Å²) in [4.78, 5) is 11.8. The topological polar surface area (TPSA) is 26.3 Å². The Hall–Kier alpha value is -2.16. The zero-order valence-electron chi connectivity index (χ0n) is 9.60. The molecule has 0 N–H and O–H groups in total. The number of carbonyl (C=O) groups is 1. The van der Waals surface area contributed by atoms with Crippen LogP contribution in [0.1, 0.15) is 27.6 Å². The minimum absolute atomic E-state index is 0.281. The Balaban J connectivity index is 1.97. The Morgan fingerprint density at radius 3 is 2.67 bits per heavy atom. The zero-order chi connectivity index (χ0) is 12.5. The molecule has 0 radical (unpaired) electrons. The molecule has 3 rings (SSSR count). The molecule has 0 aromatic heterocycles. The van der Waals surface area contributed by atoms with Crippen molar-refractivity contribution < 1.29 is 13.9 Å². The van der Waals surface area contributed by atoms with Gasteiger partial charge in [-0.1, -0.05) is 36.4 Å². The number of ether oxygens (including phenoxy) is 1. The molecule has 90 valence electrons. The first-order valence-corrected chi connectivity index (χ1v) is 5.78. The van der Waals surface area contributed by atoms with E-state index >= 15 is 0 Å². The lowest BCUT2D eigenvalue weighted by Crippen LogP contribution is -2.21. The van der Waals surface area contributed by atoms with Crippen molar-refractivity contribution in [3.8, 4) is 0 Å². The fourth-order valence-electron chi connectivity index (χ4n) is 2.20. The standard InChI is InChI=1S/C15H11FO2/c16-12-7-6-11-8-14(10-4-2-1-3-5-10)18-15(17)13(11)9-12/h1-7,9,14H,8H2. The molecule has 1 atom stereocenters. The van der Waals surface area contributed by atoms with Crippen LogP contribution in [0, 0.1) is 5.82 Å². The SMILES string of the molecule is O=C1OC(c2ccccc2)Cc2ccc(F)cc21. The Morgan fingerprint density at radius 2 is 1.89 bits per heavy atom. The summed E-state index contributed by atoms with van der Waals surface area (Å²) in [5, 5.41) is 0. The van der Waals surface area contributed by atoms with Gasteiger partial charge in [0.25, 0.3) is 0 Å². The monoisotopic (exact) mass is 242 g/mol. The molecular formula is C15H11FO2. The van der Waals surface area contributed by atoms with Crippen molar-refractivity contribution >= 4 is 5.97 Å². The van der Waals surface area contributed by atoms with Crippen LogP contribution in [0.15, 0.2) is 48.5 Å². The Labute approximate surface area is 104 Å². The second-order valence-electron chi connectivity index (χ2n) is 4.31. The van der Waals surface area contributed by atoms with E-state index in [2.05, 4.69) is 0 Å². The van der Waals surface area contributed by atoms with E-state index in [1.54, 1.807) is 6.07 Å². The molecule has 2 nitrogen and oxygen atoms in total. The van der Waals surface area contributed by atoms with Gasteiger partial charge in [0.05, 0.1) is 5.56 Å². The minimum atomic E-state index is -0.454. The van der Waals surface area contributed by atoms with Gasteiger partial charge in [0.15, 0.2) is 0 Å². The third-order valence-corrected chi connectivity index (χ3v) is 3.12. The zero-order valence-corrected chi connectivity index (χ0v) is 9.60. The minimum Gasteiger partial charge on any atom is -0.454 e. The Kier molecular flexibility index (Phi) is 2.59. The normalized spacial score (nSPS) is 18.1. The molecule has 2 aromatic carbocycles. The molecule has 0 saturated heterocycles. The van der Waals surface area contributed by atoms with Crippen LogP contribution in [0.2, 0.25) is 0 Å². The van der Waals surface area contributed by atoms with Crippen molar-refractivity contribution in [3.63, 3.8) is 0 Å². The summed E-state index contributed by atoms with van der Waals surface area (Å²) in [5.74, 6) is -0.867. The van der Waals surface area contributed by atoms with Crippen molar-refractivity contribution in [2.24, 2.45) is 0 Å². The number of cyclic esters (lactones) is 1. The molecule has 1 heterocycles. The van der Waals surface area contributed by atoms with Crippen molar-refractivity contribution in [3.05, 3.63) is 71.0 Å². The maximum absolute atomic E-state index is 13.1. The van der Waals surface area contributed by atoms with Crippen LogP contribution in [0.25, 0.3) is 0 Å². The van der Waals surface area contributed by atoms with Gasteiger partial charge in [-0.3, -0.25) is 0 Å². The number of benzene rings is 2. The van der Waals surface area contributed by atoms with E-state index < -0.39 is 11.8 Å². The largest absolute Gasteiger partial charge is 0.454 e. The molecule has 0 spiro atoms. The molecular weight excluding hydrogens is 231 g/mol. The van der Waals surface area contributed by atoms with Gasteiger partial charge >= 0.3 is 5.97 Å². The number of halogens is 1. The molecule has 2 aromatic rings. The van der Waals surface area contributed by atoms with E-state index in [-0.39, 0.29) is 6.10 Å². The predicted octanol–water partition coefficient (Wildman–Crippen LogP) is 3.28. The van der Waals surface area contributed by atoms with E-state index in [1.807, 2.05) is 30.3 Å². The van der Waals surface area contributed by atoms with E-state index in [1.165, 1.54) is 12.1 Å². The lowest BCUT2D eigenvalue weighted by molar-refractivity contribution is 0.0252. The Morgan fingerprint density at radius 1 is 1.11 bits per heavy atom. The van der Waals surface area contributed by atoms with Crippen molar-refractivity contribution in [1.29, 1.82) is 0 Å². The highest BCUT2D eigenvalue weighted by atomic mass is 19.1. The van der Waals surface area contributed by atoms with Crippen molar-refractivity contribution in [1.82, 2.24) is 0 Å². The van der Waals surface area contributed by atoms with Crippen LogP contribution in [0.4, 0.5) is 4.39 Å². The van der Waals surface area contributed by atoms with Gasteiger partial charge in [0.1, 0.15) is 11.9 Å². The summed E-state index contributed by atoms with van der Waals surface area (Å²) in [5.41, 5.74) is 2.13. The number of fused-ring (bicyclic) bond motifs is 1. The molecule has 1 aliphatic heterocycles. The molecule has 1 aliphatic rings. The van der Waals surface area contributed by atoms with Crippen LogP contribution in [-0.2, 0) is 11.2 Å². The molecule has 0 fully saturated rings. The second-order valence-corrected chi connectivity index (χ2v) is 4.31. The average molecular weight is 242 g/mol. The average Bonchev–Trinajstić information content (AvgIpc) is 2.40. The highest BCUT2D eigenvalue weighted by Crippen LogP contribution is 2.30. The van der Waals surface area contributed by atoms with Crippen molar-refractivity contribution in [2.45, 2.75) is 12.5 Å². The van der Waals surface area contributed by atoms with Gasteiger partial charge in [0, 0.05) is 6.42 Å². The molecule has 1 unspecified atom stereocenters. The number of rotatable bonds is 1. The van der Waals surface area contributed by atoms with Crippen LogP contribution in [0.5, 0.6) is 0 Å². The van der Waals surface area contributed by atoms with E-state index in [0.717, 1.165) is 11.1 Å². The van der Waals surface area contributed by atoms with Gasteiger partial charge in [0.2, 0.25) is 0 Å². The lowest BCUT2D eigenvalue weighted by Gasteiger charge is -2.24. The third kappa shape index (κ3) is 1.88. The summed E-state index contributed by atoms with van der Waals surface area (Å²) in [6.07, 6.45) is 0.308. The van der Waals surface area contributed by atoms with Gasteiger partial charge in [-0.05, 0) is 23.3 Å². The fraction of sp³-hybridized carbons (Fsp3) is 0.133. The molecule has 0 saturated carbocycles. The van der Waals surface area contributed by atoms with Crippen molar-refractivity contribution in [2.75, 3.05) is 0 Å². The van der Waals surface area contributed by atoms with Crippen LogP contribution in [-0.4, -0.2) is 5.97 Å². The molecule has 3 heteroatoms. The molecule has 0 aliphatic carbocycles. The number of hydrogen-bond donors (Lipinski definition) is 0. The maximum Gasteiger partial charge on any atom is 0.339 e. The van der Waals surface area contributed by atoms with Crippen LogP contribution < -0.4 is 0 Å². The van der Waals surface area contributed by atoms with Crippen LogP contribution in [0.3, 0.4) is 0 Å². The van der Waals surface area contributed by atoms with Gasteiger partial charge in [-0.15, -0.1) is 0 Å². The summed E-state index contributed by atoms with van der Waals surface area (Å²) in [6.45, 7) is 0. The lowest BCUT2D eigenvalue weighted by atomic mass is 9.95. The van der Waals surface area contributed by atoms with Gasteiger partial charge in [-0.25, -0.2) is 9.18 Å². The fourth-order valence-corrected chi connectivity index (χ4v) is 2.20. The quantitative estimate of drug-likeness (QED) is 0.717. The summed E-state index contributed by atoms with van der Waals surface area (Å²) in [7, 11) is 0. The predicted molar refractivity (Wildman–Crippen MR) is 64.7 cm³/mol. The third-order valence-electron chi connectivity index (χ3n) is 3.12. The smallest absolute Gasteiger partial charge is 0.339 e. The summed E-state index contributed by atoms with van der Waals surface area (Å²) < 4.78 is 18.4. The molecule has 0 bridgehead atoms. The first-order valence-electron chi connectivity index (χ1n) is 5.78. The number of esters is 1. The number of carbonyl (C=O) groups excluding carboxylic acids is 1. The van der Waals surface area contributed by atoms with Gasteiger partial charge < -0.3 is 4.74 Å². The van der Waals surface area contributed by atoms with E-state index in [9.17, 15) is 9.18 Å². The van der Waals surface area contributed by atoms with E-state index in [0.29, 0.717) is 12.0 Å². The van der Waals surface area contributed by atoms with Gasteiger partial charge in [-0.2, -0.15) is 0 Å². The first kappa shape index (κ1) is 11.0. The highest BCUT2D eigenvalue weighted by molar-refractivity contribution is 5.92. The maximum atomic E-state index is 13.1. The summed E-state index contributed by atoms with van der Waals surface area (Å²) in [6, 6.07) is 13.8. The molecule has 0 amide bonds.